The van der Waals surface area contributed by atoms with Crippen molar-refractivity contribution in [2.75, 3.05) is 18.9 Å². The lowest BCUT2D eigenvalue weighted by Crippen LogP contribution is -2.41. The van der Waals surface area contributed by atoms with Crippen LogP contribution < -0.4 is 14.8 Å². The Bertz CT molecular complexity index is 963. The molecule has 8 nitrogen and oxygen atoms in total. The average molecular weight is 397 g/mol. The van der Waals surface area contributed by atoms with Crippen molar-refractivity contribution in [2.45, 2.75) is 11.3 Å². The maximum Gasteiger partial charge on any atom is 0.230 e. The van der Waals surface area contributed by atoms with Crippen molar-refractivity contribution >= 4 is 17.7 Å². The highest BCUT2D eigenvalue weighted by atomic mass is 32.2. The molecule has 0 spiro atoms. The highest BCUT2D eigenvalue weighted by Crippen LogP contribution is 2.30. The first kappa shape index (κ1) is 18.3. The van der Waals surface area contributed by atoms with Gasteiger partial charge in [0.15, 0.2) is 22.5 Å². The fraction of sp³-hybridized carbons (Fsp3) is 0.263. The first-order valence-corrected chi connectivity index (χ1v) is 9.77. The molecule has 4 rings (SSSR count). The molecular weight excluding hydrogens is 378 g/mol. The van der Waals surface area contributed by atoms with Crippen LogP contribution in [0.3, 0.4) is 0 Å². The number of aromatic nitrogens is 4. The molecule has 3 heterocycles. The SMILES string of the molecule is Cn1c(SCC(=O)NCC2COc3ccccc3O2)nnc1-c1ccncc1. The predicted octanol–water partition coefficient (Wildman–Crippen LogP) is 1.93. The highest BCUT2D eigenvalue weighted by Gasteiger charge is 2.21. The normalized spacial score (nSPS) is 15.2. The Morgan fingerprint density at radius 2 is 2.00 bits per heavy atom. The van der Waals surface area contributed by atoms with Crippen molar-refractivity contribution in [3.63, 3.8) is 0 Å². The number of ether oxygens (including phenoxy) is 2. The lowest BCUT2D eigenvalue weighted by atomic mass is 10.2. The van der Waals surface area contributed by atoms with Crippen molar-refractivity contribution in [2.24, 2.45) is 7.05 Å². The summed E-state index contributed by atoms with van der Waals surface area (Å²) in [6, 6.07) is 11.2. The number of pyridine rings is 1. The maximum atomic E-state index is 12.2. The molecule has 1 amide bonds. The zero-order valence-electron chi connectivity index (χ0n) is 15.2. The van der Waals surface area contributed by atoms with Gasteiger partial charge in [0.05, 0.1) is 12.3 Å². The number of rotatable bonds is 6. The Morgan fingerprint density at radius 3 is 2.82 bits per heavy atom. The smallest absolute Gasteiger partial charge is 0.230 e. The topological polar surface area (TPSA) is 91.2 Å². The molecule has 0 radical (unpaired) electrons. The molecule has 1 aliphatic heterocycles. The van der Waals surface area contributed by atoms with Gasteiger partial charge in [-0.25, -0.2) is 0 Å². The van der Waals surface area contributed by atoms with Gasteiger partial charge in [0, 0.05) is 25.0 Å². The predicted molar refractivity (Wildman–Crippen MR) is 104 cm³/mol. The maximum absolute atomic E-state index is 12.2. The lowest BCUT2D eigenvalue weighted by Gasteiger charge is -2.26. The van der Waals surface area contributed by atoms with Gasteiger partial charge in [0.25, 0.3) is 0 Å². The van der Waals surface area contributed by atoms with E-state index in [0.717, 1.165) is 17.1 Å². The van der Waals surface area contributed by atoms with E-state index in [4.69, 9.17) is 9.47 Å². The van der Waals surface area contributed by atoms with Crippen LogP contribution in [0.1, 0.15) is 0 Å². The molecule has 0 aliphatic carbocycles. The average Bonchev–Trinajstić information content (AvgIpc) is 3.11. The minimum absolute atomic E-state index is 0.0964. The van der Waals surface area contributed by atoms with E-state index >= 15 is 0 Å². The molecule has 1 N–H and O–H groups in total. The first-order valence-electron chi connectivity index (χ1n) is 8.78. The van der Waals surface area contributed by atoms with Crippen molar-refractivity contribution < 1.29 is 14.3 Å². The van der Waals surface area contributed by atoms with Gasteiger partial charge >= 0.3 is 0 Å². The molecular formula is C19H19N5O3S. The Morgan fingerprint density at radius 1 is 1.21 bits per heavy atom. The summed E-state index contributed by atoms with van der Waals surface area (Å²) in [7, 11) is 1.88. The summed E-state index contributed by atoms with van der Waals surface area (Å²) in [5.74, 6) is 2.31. The van der Waals surface area contributed by atoms with Crippen LogP contribution in [0.5, 0.6) is 11.5 Å². The number of hydrogen-bond acceptors (Lipinski definition) is 7. The molecule has 1 aromatic carbocycles. The number of amides is 1. The van der Waals surface area contributed by atoms with E-state index in [2.05, 4.69) is 20.5 Å². The number of nitrogens with one attached hydrogen (secondary N) is 1. The van der Waals surface area contributed by atoms with Gasteiger partial charge in [-0.05, 0) is 24.3 Å². The Hall–Kier alpha value is -3.07. The number of fused-ring (bicyclic) bond motifs is 1. The van der Waals surface area contributed by atoms with Gasteiger partial charge in [-0.2, -0.15) is 0 Å². The van der Waals surface area contributed by atoms with E-state index in [0.29, 0.717) is 24.1 Å². The van der Waals surface area contributed by atoms with E-state index in [1.54, 1.807) is 12.4 Å². The summed E-state index contributed by atoms with van der Waals surface area (Å²) in [6.45, 7) is 0.790. The van der Waals surface area contributed by atoms with Crippen molar-refractivity contribution in [3.8, 4) is 22.9 Å². The summed E-state index contributed by atoms with van der Waals surface area (Å²) in [5, 5.41) is 11.9. The minimum atomic E-state index is -0.211. The van der Waals surface area contributed by atoms with E-state index in [1.807, 2.05) is 48.0 Å². The molecule has 1 atom stereocenters. The van der Waals surface area contributed by atoms with E-state index in [9.17, 15) is 4.79 Å². The summed E-state index contributed by atoms with van der Waals surface area (Å²) < 4.78 is 13.4. The van der Waals surface area contributed by atoms with E-state index in [-0.39, 0.29) is 17.8 Å². The number of carbonyl (C=O) groups excluding carboxylic acids is 1. The molecule has 0 saturated heterocycles. The molecule has 9 heteroatoms. The zero-order chi connectivity index (χ0) is 19.3. The standard InChI is InChI=1S/C19H19N5O3S/c1-24-18(13-6-8-20-9-7-13)22-23-19(24)28-12-17(25)21-10-14-11-26-15-4-2-3-5-16(15)27-14/h2-9,14H,10-12H2,1H3,(H,21,25). The molecule has 28 heavy (non-hydrogen) atoms. The van der Waals surface area contributed by atoms with Gasteiger partial charge < -0.3 is 19.4 Å². The third kappa shape index (κ3) is 4.09. The van der Waals surface area contributed by atoms with Crippen LogP contribution in [-0.2, 0) is 11.8 Å². The molecule has 1 aliphatic rings. The second-order valence-electron chi connectivity index (χ2n) is 6.19. The van der Waals surface area contributed by atoms with Crippen LogP contribution in [0.4, 0.5) is 0 Å². The number of hydrogen-bond donors (Lipinski definition) is 1. The van der Waals surface area contributed by atoms with Gasteiger partial charge in [-0.15, -0.1) is 10.2 Å². The summed E-state index contributed by atoms with van der Waals surface area (Å²) >= 11 is 1.34. The van der Waals surface area contributed by atoms with Crippen LogP contribution in [-0.4, -0.2) is 50.7 Å². The number of thioether (sulfide) groups is 1. The third-order valence-corrected chi connectivity index (χ3v) is 5.22. The molecule has 144 valence electrons. The Balaban J connectivity index is 1.27. The summed E-state index contributed by atoms with van der Waals surface area (Å²) in [4.78, 5) is 16.2. The highest BCUT2D eigenvalue weighted by molar-refractivity contribution is 7.99. The fourth-order valence-electron chi connectivity index (χ4n) is 2.77. The molecule has 1 unspecified atom stereocenters. The van der Waals surface area contributed by atoms with Gasteiger partial charge in [-0.3, -0.25) is 9.78 Å². The van der Waals surface area contributed by atoms with Crippen LogP contribution in [0.25, 0.3) is 11.4 Å². The van der Waals surface area contributed by atoms with E-state index in [1.165, 1.54) is 11.8 Å². The zero-order valence-corrected chi connectivity index (χ0v) is 16.1. The van der Waals surface area contributed by atoms with Crippen molar-refractivity contribution in [3.05, 3.63) is 48.8 Å². The van der Waals surface area contributed by atoms with E-state index < -0.39 is 0 Å². The van der Waals surface area contributed by atoms with Gasteiger partial charge in [-0.1, -0.05) is 23.9 Å². The van der Waals surface area contributed by atoms with Crippen LogP contribution in [0.15, 0.2) is 53.9 Å². The first-order chi connectivity index (χ1) is 13.7. The van der Waals surface area contributed by atoms with Crippen LogP contribution in [0, 0.1) is 0 Å². The number of carbonyl (C=O) groups is 1. The van der Waals surface area contributed by atoms with Crippen molar-refractivity contribution in [1.29, 1.82) is 0 Å². The van der Waals surface area contributed by atoms with Crippen LogP contribution >= 0.6 is 11.8 Å². The largest absolute Gasteiger partial charge is 0.486 e. The lowest BCUT2D eigenvalue weighted by molar-refractivity contribution is -0.119. The molecule has 3 aromatic rings. The second kappa shape index (κ2) is 8.30. The number of para-hydroxylation sites is 2. The molecule has 0 fully saturated rings. The monoisotopic (exact) mass is 397 g/mol. The summed E-state index contributed by atoms with van der Waals surface area (Å²) in [5.41, 5.74) is 0.927. The van der Waals surface area contributed by atoms with Gasteiger partial charge in [0.2, 0.25) is 5.91 Å². The molecule has 0 saturated carbocycles. The van der Waals surface area contributed by atoms with Gasteiger partial charge in [0.1, 0.15) is 12.7 Å². The summed E-state index contributed by atoms with van der Waals surface area (Å²) in [6.07, 6.45) is 3.20. The Labute approximate surface area is 166 Å². The number of benzene rings is 1. The quantitative estimate of drug-likeness (QED) is 0.636. The van der Waals surface area contributed by atoms with Crippen LogP contribution in [0.2, 0.25) is 0 Å². The number of nitrogens with zero attached hydrogens (tertiary/aromatic N) is 4. The molecule has 2 aromatic heterocycles. The second-order valence-corrected chi connectivity index (χ2v) is 7.13. The van der Waals surface area contributed by atoms with Crippen molar-refractivity contribution in [1.82, 2.24) is 25.1 Å². The Kier molecular flexibility index (Phi) is 5.43. The fourth-order valence-corrected chi connectivity index (χ4v) is 3.51. The third-order valence-electron chi connectivity index (χ3n) is 4.20. The minimum Gasteiger partial charge on any atom is -0.486 e. The molecule has 0 bridgehead atoms.